The summed E-state index contributed by atoms with van der Waals surface area (Å²) in [5, 5.41) is 3.16. The summed E-state index contributed by atoms with van der Waals surface area (Å²) in [5.41, 5.74) is -0.655. The first-order chi connectivity index (χ1) is 7.96. The zero-order chi connectivity index (χ0) is 12.9. The van der Waals surface area contributed by atoms with Crippen LogP contribution in [0.1, 0.15) is 27.2 Å². The summed E-state index contributed by atoms with van der Waals surface area (Å²) < 4.78 is 32.2. The zero-order valence-corrected chi connectivity index (χ0v) is 10.5. The zero-order valence-electron chi connectivity index (χ0n) is 10.5. The fraction of sp³-hybridized carbons (Fsp3) is 0.538. The van der Waals surface area contributed by atoms with Gasteiger partial charge >= 0.3 is 0 Å². The van der Waals surface area contributed by atoms with Gasteiger partial charge in [0, 0.05) is 6.54 Å². The van der Waals surface area contributed by atoms with Crippen LogP contribution in [0.4, 0.5) is 8.78 Å². The van der Waals surface area contributed by atoms with Crippen molar-refractivity contribution in [3.8, 4) is 5.75 Å². The first kappa shape index (κ1) is 13.9. The Morgan fingerprint density at radius 3 is 2.35 bits per heavy atom. The molecule has 0 saturated heterocycles. The molecule has 4 heteroatoms. The molecule has 0 saturated carbocycles. The van der Waals surface area contributed by atoms with Crippen molar-refractivity contribution in [3.05, 3.63) is 29.8 Å². The molecule has 1 N–H and O–H groups in total. The van der Waals surface area contributed by atoms with E-state index in [4.69, 9.17) is 4.74 Å². The molecule has 1 aromatic rings. The summed E-state index contributed by atoms with van der Waals surface area (Å²) in [6.45, 7) is 7.03. The highest BCUT2D eigenvalue weighted by atomic mass is 19.1. The Labute approximate surface area is 101 Å². The van der Waals surface area contributed by atoms with E-state index < -0.39 is 17.2 Å². The van der Waals surface area contributed by atoms with Gasteiger partial charge in [-0.3, -0.25) is 0 Å². The van der Waals surface area contributed by atoms with Crippen molar-refractivity contribution < 1.29 is 13.5 Å². The standard InChI is InChI=1S/C13H19F2NO/c1-4-8-16-9-13(2,3)17-12-10(14)6-5-7-11(12)15/h5-7,16H,4,8-9H2,1-3H3. The predicted octanol–water partition coefficient (Wildman–Crippen LogP) is 3.12. The average molecular weight is 243 g/mol. The molecule has 0 bridgehead atoms. The van der Waals surface area contributed by atoms with Gasteiger partial charge in [0.1, 0.15) is 5.60 Å². The summed E-state index contributed by atoms with van der Waals surface area (Å²) in [4.78, 5) is 0. The van der Waals surface area contributed by atoms with E-state index in [1.165, 1.54) is 18.2 Å². The minimum atomic E-state index is -0.673. The Morgan fingerprint density at radius 2 is 1.82 bits per heavy atom. The van der Waals surface area contributed by atoms with Crippen LogP contribution in [-0.4, -0.2) is 18.7 Å². The van der Waals surface area contributed by atoms with Gasteiger partial charge in [-0.25, -0.2) is 8.78 Å². The molecule has 0 fully saturated rings. The van der Waals surface area contributed by atoms with E-state index in [1.54, 1.807) is 13.8 Å². The lowest BCUT2D eigenvalue weighted by Gasteiger charge is -2.27. The van der Waals surface area contributed by atoms with Gasteiger partial charge in [0.15, 0.2) is 17.4 Å². The Balaban J connectivity index is 2.69. The highest BCUT2D eigenvalue weighted by molar-refractivity contribution is 5.26. The summed E-state index contributed by atoms with van der Waals surface area (Å²) in [5.74, 6) is -1.65. The van der Waals surface area contributed by atoms with Crippen molar-refractivity contribution in [2.75, 3.05) is 13.1 Å². The molecule has 2 nitrogen and oxygen atoms in total. The van der Waals surface area contributed by atoms with Crippen LogP contribution < -0.4 is 10.1 Å². The number of halogens is 2. The molecule has 0 unspecified atom stereocenters. The van der Waals surface area contributed by atoms with Gasteiger partial charge in [0.2, 0.25) is 0 Å². The van der Waals surface area contributed by atoms with E-state index in [0.717, 1.165) is 13.0 Å². The Morgan fingerprint density at radius 1 is 1.24 bits per heavy atom. The summed E-state index contributed by atoms with van der Waals surface area (Å²) in [6, 6.07) is 3.70. The third-order valence-electron chi connectivity index (χ3n) is 2.27. The first-order valence-electron chi connectivity index (χ1n) is 5.80. The highest BCUT2D eigenvalue weighted by Crippen LogP contribution is 2.25. The van der Waals surface area contributed by atoms with Crippen LogP contribution in [0.5, 0.6) is 5.75 Å². The number of benzene rings is 1. The molecule has 1 aromatic carbocycles. The second-order valence-electron chi connectivity index (χ2n) is 4.59. The molecule has 0 radical (unpaired) electrons. The lowest BCUT2D eigenvalue weighted by Crippen LogP contribution is -2.41. The lowest BCUT2D eigenvalue weighted by atomic mass is 10.1. The maximum atomic E-state index is 13.4. The van der Waals surface area contributed by atoms with Gasteiger partial charge in [-0.2, -0.15) is 0 Å². The number of nitrogens with one attached hydrogen (secondary N) is 1. The minimum absolute atomic E-state index is 0.309. The van der Waals surface area contributed by atoms with E-state index in [2.05, 4.69) is 12.2 Å². The van der Waals surface area contributed by atoms with Crippen LogP contribution in [0.2, 0.25) is 0 Å². The topological polar surface area (TPSA) is 21.3 Å². The maximum Gasteiger partial charge on any atom is 0.191 e. The highest BCUT2D eigenvalue weighted by Gasteiger charge is 2.23. The molecule has 0 heterocycles. The fourth-order valence-corrected chi connectivity index (χ4v) is 1.46. The SMILES string of the molecule is CCCNCC(C)(C)Oc1c(F)cccc1F. The van der Waals surface area contributed by atoms with Gasteiger partial charge in [-0.05, 0) is 38.9 Å². The Hall–Kier alpha value is -1.16. The molecular formula is C13H19F2NO. The molecular weight excluding hydrogens is 224 g/mol. The lowest BCUT2D eigenvalue weighted by molar-refractivity contribution is 0.0966. The molecule has 0 spiro atoms. The van der Waals surface area contributed by atoms with Crippen molar-refractivity contribution in [2.24, 2.45) is 0 Å². The molecule has 0 amide bonds. The van der Waals surface area contributed by atoms with E-state index in [0.29, 0.717) is 6.54 Å². The van der Waals surface area contributed by atoms with Crippen molar-refractivity contribution in [1.29, 1.82) is 0 Å². The van der Waals surface area contributed by atoms with Crippen LogP contribution in [0.3, 0.4) is 0 Å². The predicted molar refractivity (Wildman–Crippen MR) is 64.2 cm³/mol. The molecule has 0 aromatic heterocycles. The third kappa shape index (κ3) is 4.30. The molecule has 1 rings (SSSR count). The van der Waals surface area contributed by atoms with Crippen molar-refractivity contribution in [3.63, 3.8) is 0 Å². The van der Waals surface area contributed by atoms with Crippen LogP contribution in [0, 0.1) is 11.6 Å². The average Bonchev–Trinajstić information content (AvgIpc) is 2.24. The molecule has 0 aliphatic heterocycles. The van der Waals surface area contributed by atoms with E-state index in [1.807, 2.05) is 0 Å². The molecule has 17 heavy (non-hydrogen) atoms. The third-order valence-corrected chi connectivity index (χ3v) is 2.27. The number of para-hydroxylation sites is 1. The van der Waals surface area contributed by atoms with Crippen LogP contribution in [-0.2, 0) is 0 Å². The summed E-state index contributed by atoms with van der Waals surface area (Å²) in [6.07, 6.45) is 1.00. The van der Waals surface area contributed by atoms with Crippen molar-refractivity contribution in [2.45, 2.75) is 32.8 Å². The van der Waals surface area contributed by atoms with Crippen LogP contribution >= 0.6 is 0 Å². The quantitative estimate of drug-likeness (QED) is 0.775. The van der Waals surface area contributed by atoms with Gasteiger partial charge in [0.05, 0.1) is 0 Å². The van der Waals surface area contributed by atoms with Gasteiger partial charge in [-0.1, -0.05) is 13.0 Å². The van der Waals surface area contributed by atoms with Gasteiger partial charge in [0.25, 0.3) is 0 Å². The second-order valence-corrected chi connectivity index (χ2v) is 4.59. The number of hydrogen-bond donors (Lipinski definition) is 1. The summed E-state index contributed by atoms with van der Waals surface area (Å²) in [7, 11) is 0. The van der Waals surface area contributed by atoms with E-state index in [9.17, 15) is 8.78 Å². The normalized spacial score (nSPS) is 11.6. The molecule has 0 aliphatic rings. The largest absolute Gasteiger partial charge is 0.480 e. The monoisotopic (exact) mass is 243 g/mol. The van der Waals surface area contributed by atoms with Crippen LogP contribution in [0.15, 0.2) is 18.2 Å². The van der Waals surface area contributed by atoms with Gasteiger partial charge in [-0.15, -0.1) is 0 Å². The van der Waals surface area contributed by atoms with Gasteiger partial charge < -0.3 is 10.1 Å². The summed E-state index contributed by atoms with van der Waals surface area (Å²) >= 11 is 0. The molecule has 96 valence electrons. The smallest absolute Gasteiger partial charge is 0.191 e. The maximum absolute atomic E-state index is 13.4. The number of hydrogen-bond acceptors (Lipinski definition) is 2. The Bertz CT molecular complexity index is 346. The van der Waals surface area contributed by atoms with Crippen LogP contribution in [0.25, 0.3) is 0 Å². The second kappa shape index (κ2) is 5.96. The van der Waals surface area contributed by atoms with Crippen molar-refractivity contribution >= 4 is 0 Å². The van der Waals surface area contributed by atoms with E-state index in [-0.39, 0.29) is 5.75 Å². The number of ether oxygens (including phenoxy) is 1. The number of rotatable bonds is 6. The molecule has 0 aliphatic carbocycles. The fourth-order valence-electron chi connectivity index (χ4n) is 1.46. The molecule has 0 atom stereocenters. The first-order valence-corrected chi connectivity index (χ1v) is 5.80. The minimum Gasteiger partial charge on any atom is -0.480 e. The van der Waals surface area contributed by atoms with Crippen molar-refractivity contribution in [1.82, 2.24) is 5.32 Å². The Kier molecular flexibility index (Phi) is 4.87. The van der Waals surface area contributed by atoms with E-state index >= 15 is 0 Å².